The zero-order valence-electron chi connectivity index (χ0n) is 15.2. The van der Waals surface area contributed by atoms with E-state index in [1.165, 1.54) is 0 Å². The number of rotatable bonds is 7. The van der Waals surface area contributed by atoms with Crippen LogP contribution in [0.2, 0.25) is 5.02 Å². The second kappa shape index (κ2) is 9.36. The minimum Gasteiger partial charge on any atom is -0.348 e. The second-order valence-corrected chi connectivity index (χ2v) is 6.92. The number of carbonyl (C=O) groups is 1. The summed E-state index contributed by atoms with van der Waals surface area (Å²) in [5.74, 6) is -0.0562. The molecular formula is C23H23ClN2O. The van der Waals surface area contributed by atoms with Crippen molar-refractivity contribution in [3.05, 3.63) is 107 Å². The Morgan fingerprint density at radius 3 is 1.96 bits per heavy atom. The van der Waals surface area contributed by atoms with E-state index < -0.39 is 0 Å². The maximum Gasteiger partial charge on any atom is 0.234 e. The summed E-state index contributed by atoms with van der Waals surface area (Å²) in [6.07, 6.45) is 0. The zero-order valence-corrected chi connectivity index (χ0v) is 16.0. The third kappa shape index (κ3) is 5.43. The fourth-order valence-corrected chi connectivity index (χ4v) is 3.26. The summed E-state index contributed by atoms with van der Waals surface area (Å²) in [6.45, 7) is 2.18. The van der Waals surface area contributed by atoms with Crippen molar-refractivity contribution in [3.63, 3.8) is 0 Å². The van der Waals surface area contributed by atoms with Gasteiger partial charge in [-0.05, 0) is 35.7 Å². The highest BCUT2D eigenvalue weighted by molar-refractivity contribution is 6.30. The van der Waals surface area contributed by atoms with Crippen molar-refractivity contribution in [3.8, 4) is 0 Å². The highest BCUT2D eigenvalue weighted by atomic mass is 35.5. The molecule has 3 nitrogen and oxygen atoms in total. The number of carbonyl (C=O) groups excluding carboxylic acids is 1. The van der Waals surface area contributed by atoms with Crippen LogP contribution in [0.25, 0.3) is 0 Å². The molecule has 0 aliphatic rings. The lowest BCUT2D eigenvalue weighted by Gasteiger charge is -2.21. The lowest BCUT2D eigenvalue weighted by molar-refractivity contribution is -0.121. The van der Waals surface area contributed by atoms with Crippen molar-refractivity contribution in [2.45, 2.75) is 19.0 Å². The van der Waals surface area contributed by atoms with Crippen LogP contribution < -0.4 is 10.6 Å². The smallest absolute Gasteiger partial charge is 0.234 e. The van der Waals surface area contributed by atoms with Gasteiger partial charge in [0.2, 0.25) is 5.91 Å². The summed E-state index contributed by atoms with van der Waals surface area (Å²) in [7, 11) is 0. The van der Waals surface area contributed by atoms with Crippen molar-refractivity contribution >= 4 is 17.5 Å². The van der Waals surface area contributed by atoms with Crippen LogP contribution in [-0.4, -0.2) is 12.5 Å². The largest absolute Gasteiger partial charge is 0.348 e. The molecule has 0 unspecified atom stereocenters. The van der Waals surface area contributed by atoms with Gasteiger partial charge in [0.05, 0.1) is 18.6 Å². The first-order valence-corrected chi connectivity index (χ1v) is 9.39. The quantitative estimate of drug-likeness (QED) is 0.614. The fraction of sp³-hybridized carbons (Fsp3) is 0.174. The molecule has 3 aromatic carbocycles. The van der Waals surface area contributed by atoms with Crippen LogP contribution in [-0.2, 0) is 4.79 Å². The maximum absolute atomic E-state index is 12.5. The molecule has 0 aliphatic heterocycles. The lowest BCUT2D eigenvalue weighted by atomic mass is 9.99. The van der Waals surface area contributed by atoms with Crippen LogP contribution in [0.5, 0.6) is 0 Å². The average Bonchev–Trinajstić information content (AvgIpc) is 2.70. The maximum atomic E-state index is 12.5. The summed E-state index contributed by atoms with van der Waals surface area (Å²) in [5, 5.41) is 7.07. The van der Waals surface area contributed by atoms with E-state index in [0.29, 0.717) is 5.02 Å². The van der Waals surface area contributed by atoms with Crippen LogP contribution in [0.15, 0.2) is 84.9 Å². The molecule has 0 saturated carbocycles. The molecule has 3 aromatic rings. The molecule has 2 N–H and O–H groups in total. The van der Waals surface area contributed by atoms with E-state index in [-0.39, 0.29) is 24.5 Å². The Balaban J connectivity index is 1.66. The van der Waals surface area contributed by atoms with Gasteiger partial charge in [0.15, 0.2) is 0 Å². The Kier molecular flexibility index (Phi) is 6.64. The Labute approximate surface area is 165 Å². The Morgan fingerprint density at radius 2 is 1.41 bits per heavy atom. The highest BCUT2D eigenvalue weighted by Gasteiger charge is 2.16. The fourth-order valence-electron chi connectivity index (χ4n) is 3.07. The summed E-state index contributed by atoms with van der Waals surface area (Å²) < 4.78 is 0. The predicted octanol–water partition coefficient (Wildman–Crippen LogP) is 4.90. The second-order valence-electron chi connectivity index (χ2n) is 6.48. The van der Waals surface area contributed by atoms with Gasteiger partial charge in [-0.2, -0.15) is 0 Å². The summed E-state index contributed by atoms with van der Waals surface area (Å²) in [4.78, 5) is 12.5. The molecule has 4 heteroatoms. The van der Waals surface area contributed by atoms with E-state index in [9.17, 15) is 4.79 Å². The average molecular weight is 379 g/mol. The summed E-state index contributed by atoms with van der Waals surface area (Å²) in [5.41, 5.74) is 3.23. The van der Waals surface area contributed by atoms with Crippen molar-refractivity contribution in [2.75, 3.05) is 6.54 Å². The van der Waals surface area contributed by atoms with Crippen molar-refractivity contribution in [1.82, 2.24) is 10.6 Å². The lowest BCUT2D eigenvalue weighted by Crippen LogP contribution is -2.37. The molecule has 138 valence electrons. The highest BCUT2D eigenvalue weighted by Crippen LogP contribution is 2.21. The van der Waals surface area contributed by atoms with Crippen molar-refractivity contribution in [2.24, 2.45) is 0 Å². The first-order valence-electron chi connectivity index (χ1n) is 9.01. The standard InChI is InChI=1S/C23H23ClN2O/c1-17(20-13-8-14-21(24)15-20)26-22(27)16-25-23(18-9-4-2-5-10-18)19-11-6-3-7-12-19/h2-15,17,23,25H,16H2,1H3,(H,26,27)/t17-/m1/s1. The normalized spacial score (nSPS) is 12.0. The molecule has 0 bridgehead atoms. The topological polar surface area (TPSA) is 41.1 Å². The number of amides is 1. The van der Waals surface area contributed by atoms with Gasteiger partial charge in [-0.25, -0.2) is 0 Å². The van der Waals surface area contributed by atoms with Gasteiger partial charge in [0.25, 0.3) is 0 Å². The Hall–Kier alpha value is -2.62. The minimum atomic E-state index is -0.107. The molecule has 0 heterocycles. The molecule has 0 radical (unpaired) electrons. The zero-order chi connectivity index (χ0) is 19.1. The molecular weight excluding hydrogens is 356 g/mol. The van der Waals surface area contributed by atoms with Gasteiger partial charge in [-0.1, -0.05) is 84.4 Å². The molecule has 0 spiro atoms. The van der Waals surface area contributed by atoms with Crippen LogP contribution in [0.4, 0.5) is 0 Å². The van der Waals surface area contributed by atoms with E-state index in [4.69, 9.17) is 11.6 Å². The molecule has 1 atom stereocenters. The van der Waals surface area contributed by atoms with E-state index in [1.807, 2.05) is 67.6 Å². The van der Waals surface area contributed by atoms with Crippen LogP contribution in [0.1, 0.15) is 35.7 Å². The van der Waals surface area contributed by atoms with Gasteiger partial charge in [-0.15, -0.1) is 0 Å². The van der Waals surface area contributed by atoms with Gasteiger partial charge < -0.3 is 5.32 Å². The molecule has 0 aromatic heterocycles. The predicted molar refractivity (Wildman–Crippen MR) is 111 cm³/mol. The first kappa shape index (κ1) is 19.2. The molecule has 1 amide bonds. The van der Waals surface area contributed by atoms with Crippen LogP contribution >= 0.6 is 11.6 Å². The SMILES string of the molecule is C[C@@H](NC(=O)CNC(c1ccccc1)c1ccccc1)c1cccc(Cl)c1. The van der Waals surface area contributed by atoms with Crippen LogP contribution in [0, 0.1) is 0 Å². The number of benzene rings is 3. The number of nitrogens with one attached hydrogen (secondary N) is 2. The Bertz CT molecular complexity index is 828. The monoisotopic (exact) mass is 378 g/mol. The third-order valence-corrected chi connectivity index (χ3v) is 4.69. The molecule has 27 heavy (non-hydrogen) atoms. The van der Waals surface area contributed by atoms with E-state index >= 15 is 0 Å². The minimum absolute atomic E-state index is 0.0420. The molecule has 0 aliphatic carbocycles. The van der Waals surface area contributed by atoms with Gasteiger partial charge in [-0.3, -0.25) is 10.1 Å². The summed E-state index contributed by atoms with van der Waals surface area (Å²) >= 11 is 6.04. The van der Waals surface area contributed by atoms with E-state index in [1.54, 1.807) is 0 Å². The van der Waals surface area contributed by atoms with Gasteiger partial charge in [0, 0.05) is 5.02 Å². The van der Waals surface area contributed by atoms with Gasteiger partial charge >= 0.3 is 0 Å². The summed E-state index contributed by atoms with van der Waals surface area (Å²) in [6, 6.07) is 27.7. The molecule has 0 saturated heterocycles. The van der Waals surface area contributed by atoms with Crippen LogP contribution in [0.3, 0.4) is 0 Å². The number of hydrogen-bond acceptors (Lipinski definition) is 2. The Morgan fingerprint density at radius 1 is 0.852 bits per heavy atom. The van der Waals surface area contributed by atoms with E-state index in [0.717, 1.165) is 16.7 Å². The van der Waals surface area contributed by atoms with E-state index in [2.05, 4.69) is 34.9 Å². The van der Waals surface area contributed by atoms with Gasteiger partial charge in [0.1, 0.15) is 0 Å². The van der Waals surface area contributed by atoms with Crippen molar-refractivity contribution in [1.29, 1.82) is 0 Å². The third-order valence-electron chi connectivity index (χ3n) is 4.46. The first-order chi connectivity index (χ1) is 13.1. The molecule has 3 rings (SSSR count). The molecule has 0 fully saturated rings. The number of halogens is 1. The number of hydrogen-bond donors (Lipinski definition) is 2. The van der Waals surface area contributed by atoms with Crippen molar-refractivity contribution < 1.29 is 4.79 Å².